The van der Waals surface area contributed by atoms with Gasteiger partial charge in [0.05, 0.1) is 11.0 Å². The van der Waals surface area contributed by atoms with Gasteiger partial charge in [0.1, 0.15) is 11.5 Å². The molecule has 1 aliphatic rings. The highest BCUT2D eigenvalue weighted by molar-refractivity contribution is 7.09. The second-order valence-electron chi connectivity index (χ2n) is 6.27. The summed E-state index contributed by atoms with van der Waals surface area (Å²) in [6.45, 7) is 1.33. The van der Waals surface area contributed by atoms with Gasteiger partial charge in [0.15, 0.2) is 0 Å². The molecule has 0 bridgehead atoms. The predicted octanol–water partition coefficient (Wildman–Crippen LogP) is 3.30. The highest BCUT2D eigenvalue weighted by atomic mass is 32.1. The lowest BCUT2D eigenvalue weighted by molar-refractivity contribution is 0.243. The maximum atomic E-state index is 13.5. The first-order valence-electron chi connectivity index (χ1n) is 8.03. The van der Waals surface area contributed by atoms with E-state index in [0.29, 0.717) is 29.3 Å². The normalized spacial score (nSPS) is 14.6. The van der Waals surface area contributed by atoms with Crippen LogP contribution in [-0.2, 0) is 20.1 Å². The van der Waals surface area contributed by atoms with E-state index in [-0.39, 0.29) is 11.4 Å². The van der Waals surface area contributed by atoms with Crippen LogP contribution < -0.4 is 5.56 Å². The minimum absolute atomic E-state index is 0.106. The van der Waals surface area contributed by atoms with Crippen LogP contribution in [0.1, 0.15) is 23.4 Å². The van der Waals surface area contributed by atoms with E-state index in [1.165, 1.54) is 17.0 Å². The third-order valence-electron chi connectivity index (χ3n) is 4.46. The fourth-order valence-electron chi connectivity index (χ4n) is 3.02. The quantitative estimate of drug-likeness (QED) is 0.713. The Balaban J connectivity index is 1.69. The molecule has 2 aromatic heterocycles. The molecule has 0 unspecified atom stereocenters. The summed E-state index contributed by atoms with van der Waals surface area (Å²) in [4.78, 5) is 20.7. The number of halogens is 1. The van der Waals surface area contributed by atoms with Crippen LogP contribution in [0.2, 0.25) is 0 Å². The molecule has 6 heteroatoms. The lowest BCUT2D eigenvalue weighted by atomic mass is 10.2. The van der Waals surface area contributed by atoms with Crippen LogP contribution in [0.4, 0.5) is 4.39 Å². The summed E-state index contributed by atoms with van der Waals surface area (Å²) in [5.41, 5.74) is 1.56. The Kier molecular flexibility index (Phi) is 3.94. The van der Waals surface area contributed by atoms with Crippen molar-refractivity contribution in [1.29, 1.82) is 0 Å². The van der Waals surface area contributed by atoms with Gasteiger partial charge in [-0.05, 0) is 36.4 Å². The van der Waals surface area contributed by atoms with Gasteiger partial charge in [-0.15, -0.1) is 11.3 Å². The molecule has 1 aromatic carbocycles. The fraction of sp³-hybridized carbons (Fsp3) is 0.333. The minimum Gasteiger partial charge on any atom is -0.308 e. The smallest absolute Gasteiger partial charge is 0.273 e. The van der Waals surface area contributed by atoms with E-state index in [9.17, 15) is 9.18 Å². The number of fused-ring (bicyclic) bond motifs is 1. The average Bonchev–Trinajstić information content (AvgIpc) is 3.29. The number of benzene rings is 1. The second kappa shape index (κ2) is 6.11. The van der Waals surface area contributed by atoms with E-state index in [1.54, 1.807) is 29.0 Å². The van der Waals surface area contributed by atoms with Crippen LogP contribution in [-0.4, -0.2) is 20.5 Å². The molecule has 1 fully saturated rings. The summed E-state index contributed by atoms with van der Waals surface area (Å²) in [5, 5.41) is 2.07. The Labute approximate surface area is 143 Å². The molecule has 0 spiro atoms. The first-order chi connectivity index (χ1) is 11.6. The van der Waals surface area contributed by atoms with Gasteiger partial charge in [-0.2, -0.15) is 0 Å². The molecule has 0 saturated heterocycles. The zero-order valence-electron chi connectivity index (χ0n) is 13.4. The average molecular weight is 343 g/mol. The standard InChI is InChI=1S/C18H18FN3OS/c1-21-17-7-4-12(19)9-15(17)20-16(18(21)23)11-22(13-5-6-13)10-14-3-2-8-24-14/h2-4,7-9,13H,5-6,10-11H2,1H3. The Morgan fingerprint density at radius 3 is 2.88 bits per heavy atom. The highest BCUT2D eigenvalue weighted by Gasteiger charge is 2.30. The van der Waals surface area contributed by atoms with Crippen molar-refractivity contribution in [2.75, 3.05) is 0 Å². The van der Waals surface area contributed by atoms with Gasteiger partial charge in [-0.1, -0.05) is 6.07 Å². The Morgan fingerprint density at radius 1 is 1.33 bits per heavy atom. The van der Waals surface area contributed by atoms with E-state index < -0.39 is 0 Å². The summed E-state index contributed by atoms with van der Waals surface area (Å²) in [7, 11) is 1.72. The van der Waals surface area contributed by atoms with Crippen molar-refractivity contribution < 1.29 is 4.39 Å². The third-order valence-corrected chi connectivity index (χ3v) is 5.32. The Morgan fingerprint density at radius 2 is 2.17 bits per heavy atom. The molecule has 0 amide bonds. The van der Waals surface area contributed by atoms with Crippen molar-refractivity contribution in [3.8, 4) is 0 Å². The lowest BCUT2D eigenvalue weighted by Crippen LogP contribution is -2.31. The summed E-state index contributed by atoms with van der Waals surface area (Å²) >= 11 is 1.72. The number of hydrogen-bond acceptors (Lipinski definition) is 4. The van der Waals surface area contributed by atoms with Gasteiger partial charge in [-0.3, -0.25) is 9.69 Å². The lowest BCUT2D eigenvalue weighted by Gasteiger charge is -2.21. The monoisotopic (exact) mass is 343 g/mol. The maximum Gasteiger partial charge on any atom is 0.273 e. The zero-order chi connectivity index (χ0) is 16.7. The summed E-state index contributed by atoms with van der Waals surface area (Å²) in [6.07, 6.45) is 2.32. The molecule has 1 saturated carbocycles. The molecule has 24 heavy (non-hydrogen) atoms. The third kappa shape index (κ3) is 2.99. The van der Waals surface area contributed by atoms with Crippen LogP contribution in [0.15, 0.2) is 40.5 Å². The number of aryl methyl sites for hydroxylation is 1. The largest absolute Gasteiger partial charge is 0.308 e. The van der Waals surface area contributed by atoms with Crippen molar-refractivity contribution in [1.82, 2.24) is 14.5 Å². The van der Waals surface area contributed by atoms with Crippen molar-refractivity contribution in [2.45, 2.75) is 32.0 Å². The second-order valence-corrected chi connectivity index (χ2v) is 7.30. The number of thiophene rings is 1. The van der Waals surface area contributed by atoms with Gasteiger partial charge in [-0.25, -0.2) is 9.37 Å². The van der Waals surface area contributed by atoms with Crippen molar-refractivity contribution in [3.05, 3.63) is 62.5 Å². The molecule has 4 rings (SSSR count). The predicted molar refractivity (Wildman–Crippen MR) is 93.5 cm³/mol. The topological polar surface area (TPSA) is 38.1 Å². The van der Waals surface area contributed by atoms with Gasteiger partial charge in [0.2, 0.25) is 0 Å². The number of aromatic nitrogens is 2. The molecular formula is C18H18FN3OS. The first-order valence-corrected chi connectivity index (χ1v) is 8.91. The fourth-order valence-corrected chi connectivity index (χ4v) is 3.75. The summed E-state index contributed by atoms with van der Waals surface area (Å²) in [6, 6.07) is 9.02. The molecule has 0 aliphatic heterocycles. The van der Waals surface area contributed by atoms with E-state index >= 15 is 0 Å². The molecule has 0 radical (unpaired) electrons. The van der Waals surface area contributed by atoms with E-state index in [1.807, 2.05) is 6.07 Å². The molecule has 2 heterocycles. The number of hydrogen-bond donors (Lipinski definition) is 0. The van der Waals surface area contributed by atoms with Gasteiger partial charge >= 0.3 is 0 Å². The molecule has 0 atom stereocenters. The summed E-state index contributed by atoms with van der Waals surface area (Å²) in [5.74, 6) is -0.336. The molecule has 0 N–H and O–H groups in total. The molecule has 1 aliphatic carbocycles. The zero-order valence-corrected chi connectivity index (χ0v) is 14.2. The molecule has 4 nitrogen and oxygen atoms in total. The van der Waals surface area contributed by atoms with Crippen LogP contribution in [0.25, 0.3) is 11.0 Å². The SMILES string of the molecule is Cn1c(=O)c(CN(Cc2cccs2)C2CC2)nc2cc(F)ccc21. The van der Waals surface area contributed by atoms with Gasteiger partial charge < -0.3 is 4.57 Å². The first kappa shape index (κ1) is 15.5. The van der Waals surface area contributed by atoms with Gasteiger partial charge in [0, 0.05) is 37.1 Å². The van der Waals surface area contributed by atoms with E-state index in [0.717, 1.165) is 19.4 Å². The van der Waals surface area contributed by atoms with Crippen LogP contribution in [0.5, 0.6) is 0 Å². The van der Waals surface area contributed by atoms with Crippen LogP contribution in [0, 0.1) is 5.82 Å². The van der Waals surface area contributed by atoms with Crippen LogP contribution in [0.3, 0.4) is 0 Å². The Bertz CT molecular complexity index is 931. The highest BCUT2D eigenvalue weighted by Crippen LogP contribution is 2.30. The molecular weight excluding hydrogens is 325 g/mol. The van der Waals surface area contributed by atoms with Crippen molar-refractivity contribution in [3.63, 3.8) is 0 Å². The Hall–Kier alpha value is -2.05. The number of rotatable bonds is 5. The van der Waals surface area contributed by atoms with Gasteiger partial charge in [0.25, 0.3) is 5.56 Å². The number of nitrogens with zero attached hydrogens (tertiary/aromatic N) is 3. The van der Waals surface area contributed by atoms with E-state index in [2.05, 4.69) is 21.3 Å². The van der Waals surface area contributed by atoms with Crippen molar-refractivity contribution in [2.24, 2.45) is 7.05 Å². The molecule has 124 valence electrons. The van der Waals surface area contributed by atoms with Crippen molar-refractivity contribution >= 4 is 22.4 Å². The minimum atomic E-state index is -0.336. The van der Waals surface area contributed by atoms with E-state index in [4.69, 9.17) is 0 Å². The van der Waals surface area contributed by atoms with Crippen LogP contribution >= 0.6 is 11.3 Å². The molecule has 3 aromatic rings. The maximum absolute atomic E-state index is 13.5. The summed E-state index contributed by atoms with van der Waals surface area (Å²) < 4.78 is 15.1.